The molecule has 5 nitrogen and oxygen atoms in total. The molecule has 6 heteroatoms. The molecule has 0 aromatic carbocycles. The van der Waals surface area contributed by atoms with Crippen LogP contribution in [-0.4, -0.2) is 28.0 Å². The van der Waals surface area contributed by atoms with Crippen molar-refractivity contribution < 1.29 is 13.7 Å². The molecule has 0 aliphatic rings. The van der Waals surface area contributed by atoms with Crippen LogP contribution in [0.3, 0.4) is 0 Å². The molecule has 1 rings (SSSR count). The van der Waals surface area contributed by atoms with Crippen LogP contribution >= 0.6 is 0 Å². The van der Waals surface area contributed by atoms with E-state index in [4.69, 9.17) is 5.26 Å². The lowest BCUT2D eigenvalue weighted by Gasteiger charge is -2.02. The molecule has 84 valence electrons. The zero-order valence-electron chi connectivity index (χ0n) is 8.67. The second kappa shape index (κ2) is 5.98. The maximum absolute atomic E-state index is 11.7. The SMILES string of the molecule is COC(=O)CCS(=O)c1ncccc1C#N. The molecule has 0 bridgehead atoms. The number of nitrogens with zero attached hydrogens (tertiary/aromatic N) is 2. The number of nitriles is 1. The number of rotatable bonds is 4. The predicted molar refractivity (Wildman–Crippen MR) is 56.9 cm³/mol. The van der Waals surface area contributed by atoms with Crippen molar-refractivity contribution in [2.45, 2.75) is 11.4 Å². The summed E-state index contributed by atoms with van der Waals surface area (Å²) in [6.45, 7) is 0. The zero-order valence-corrected chi connectivity index (χ0v) is 9.49. The molecular weight excluding hydrogens is 228 g/mol. The summed E-state index contributed by atoms with van der Waals surface area (Å²) in [5.74, 6) is -0.318. The number of hydrogen-bond acceptors (Lipinski definition) is 5. The fourth-order valence-electron chi connectivity index (χ4n) is 1.03. The molecule has 0 amide bonds. The molecule has 1 aromatic rings. The minimum Gasteiger partial charge on any atom is -0.469 e. The van der Waals surface area contributed by atoms with Crippen molar-refractivity contribution in [3.8, 4) is 6.07 Å². The van der Waals surface area contributed by atoms with Crippen molar-refractivity contribution >= 4 is 16.8 Å². The Kier molecular flexibility index (Phi) is 4.61. The Bertz CT molecular complexity index is 454. The molecule has 16 heavy (non-hydrogen) atoms. The summed E-state index contributed by atoms with van der Waals surface area (Å²) in [5.41, 5.74) is 0.269. The fourth-order valence-corrected chi connectivity index (χ4v) is 2.11. The molecule has 0 radical (unpaired) electrons. The van der Waals surface area contributed by atoms with Crippen molar-refractivity contribution in [3.63, 3.8) is 0 Å². The number of ether oxygens (including phenoxy) is 1. The third-order valence-corrected chi connectivity index (χ3v) is 3.16. The summed E-state index contributed by atoms with van der Waals surface area (Å²) in [6.07, 6.45) is 1.51. The maximum atomic E-state index is 11.7. The van der Waals surface area contributed by atoms with Gasteiger partial charge >= 0.3 is 5.97 Å². The Morgan fingerprint density at radius 2 is 2.44 bits per heavy atom. The Morgan fingerprint density at radius 1 is 1.69 bits per heavy atom. The quantitative estimate of drug-likeness (QED) is 0.718. The van der Waals surface area contributed by atoms with E-state index >= 15 is 0 Å². The highest BCUT2D eigenvalue weighted by Gasteiger charge is 2.12. The smallest absolute Gasteiger partial charge is 0.306 e. The van der Waals surface area contributed by atoms with Crippen LogP contribution in [0, 0.1) is 11.3 Å². The Balaban J connectivity index is 2.74. The second-order valence-corrected chi connectivity index (χ2v) is 4.33. The standard InChI is InChI=1S/C10H10N2O3S/c1-15-9(13)4-6-16(14)10-8(7-11)3-2-5-12-10/h2-3,5H,4,6H2,1H3. The van der Waals surface area contributed by atoms with Crippen molar-refractivity contribution in [2.75, 3.05) is 12.9 Å². The summed E-state index contributed by atoms with van der Waals surface area (Å²) in [4.78, 5) is 14.7. The van der Waals surface area contributed by atoms with E-state index in [1.807, 2.05) is 6.07 Å². The number of carbonyl (C=O) groups is 1. The van der Waals surface area contributed by atoms with E-state index in [1.54, 1.807) is 12.1 Å². The van der Waals surface area contributed by atoms with Crippen LogP contribution in [0.4, 0.5) is 0 Å². The van der Waals surface area contributed by atoms with Gasteiger partial charge in [-0.1, -0.05) is 0 Å². The van der Waals surface area contributed by atoms with Crippen LogP contribution in [0.5, 0.6) is 0 Å². The zero-order chi connectivity index (χ0) is 12.0. The molecular formula is C10H10N2O3S. The largest absolute Gasteiger partial charge is 0.469 e. The van der Waals surface area contributed by atoms with Crippen LogP contribution in [0.1, 0.15) is 12.0 Å². The lowest BCUT2D eigenvalue weighted by atomic mass is 10.3. The number of esters is 1. The minimum atomic E-state index is -1.45. The van der Waals surface area contributed by atoms with Crippen molar-refractivity contribution in [3.05, 3.63) is 23.9 Å². The van der Waals surface area contributed by atoms with Gasteiger partial charge in [0.25, 0.3) is 0 Å². The van der Waals surface area contributed by atoms with Gasteiger partial charge in [0.2, 0.25) is 0 Å². The van der Waals surface area contributed by atoms with E-state index in [1.165, 1.54) is 13.3 Å². The monoisotopic (exact) mass is 238 g/mol. The van der Waals surface area contributed by atoms with Crippen molar-refractivity contribution in [2.24, 2.45) is 0 Å². The average molecular weight is 238 g/mol. The molecule has 1 atom stereocenters. The highest BCUT2D eigenvalue weighted by atomic mass is 32.2. The van der Waals surface area contributed by atoms with Crippen LogP contribution in [0.15, 0.2) is 23.4 Å². The Hall–Kier alpha value is -1.74. The number of pyridine rings is 1. The first-order chi connectivity index (χ1) is 7.69. The van der Waals surface area contributed by atoms with Gasteiger partial charge < -0.3 is 4.74 Å². The van der Waals surface area contributed by atoms with Gasteiger partial charge in [-0.15, -0.1) is 0 Å². The van der Waals surface area contributed by atoms with Crippen LogP contribution in [0.25, 0.3) is 0 Å². The number of aromatic nitrogens is 1. The molecule has 0 N–H and O–H groups in total. The van der Waals surface area contributed by atoms with Gasteiger partial charge in [-0.2, -0.15) is 5.26 Å². The highest BCUT2D eigenvalue weighted by Crippen LogP contribution is 2.10. The van der Waals surface area contributed by atoms with Gasteiger partial charge in [0.1, 0.15) is 11.1 Å². The summed E-state index contributed by atoms with van der Waals surface area (Å²) >= 11 is 0. The number of carbonyl (C=O) groups excluding carboxylic acids is 1. The van der Waals surface area contributed by atoms with Gasteiger partial charge in [0.05, 0.1) is 29.9 Å². The summed E-state index contributed by atoms with van der Waals surface area (Å²) < 4.78 is 16.2. The van der Waals surface area contributed by atoms with Gasteiger partial charge in [-0.25, -0.2) is 4.98 Å². The first-order valence-electron chi connectivity index (χ1n) is 4.49. The van der Waals surface area contributed by atoms with Crippen molar-refractivity contribution in [1.82, 2.24) is 4.98 Å². The second-order valence-electron chi connectivity index (χ2n) is 2.84. The molecule has 0 aliphatic heterocycles. The lowest BCUT2D eigenvalue weighted by molar-refractivity contribution is -0.140. The van der Waals surface area contributed by atoms with E-state index in [9.17, 15) is 9.00 Å². The van der Waals surface area contributed by atoms with Gasteiger partial charge in [-0.3, -0.25) is 9.00 Å². The molecule has 0 saturated carbocycles. The summed E-state index contributed by atoms with van der Waals surface area (Å²) in [7, 11) is -0.181. The van der Waals surface area contributed by atoms with Crippen LogP contribution < -0.4 is 0 Å². The van der Waals surface area contributed by atoms with E-state index in [2.05, 4.69) is 9.72 Å². The minimum absolute atomic E-state index is 0.0462. The molecule has 0 saturated heterocycles. The summed E-state index contributed by atoms with van der Waals surface area (Å²) in [6, 6.07) is 5.04. The third-order valence-electron chi connectivity index (χ3n) is 1.83. The van der Waals surface area contributed by atoms with Crippen LogP contribution in [0.2, 0.25) is 0 Å². The van der Waals surface area contributed by atoms with Gasteiger partial charge in [0.15, 0.2) is 0 Å². The van der Waals surface area contributed by atoms with E-state index in [-0.39, 0.29) is 22.8 Å². The Labute approximate surface area is 95.5 Å². The third kappa shape index (κ3) is 3.14. The first-order valence-corrected chi connectivity index (χ1v) is 5.81. The van der Waals surface area contributed by atoms with Crippen LogP contribution in [-0.2, 0) is 20.3 Å². The predicted octanol–water partition coefficient (Wildman–Crippen LogP) is 0.624. The molecule has 1 aromatic heterocycles. The molecule has 0 fully saturated rings. The Morgan fingerprint density at radius 3 is 3.06 bits per heavy atom. The highest BCUT2D eigenvalue weighted by molar-refractivity contribution is 7.85. The first kappa shape index (κ1) is 12.3. The molecule has 0 spiro atoms. The molecule has 1 unspecified atom stereocenters. The fraction of sp³-hybridized carbons (Fsp3) is 0.300. The normalized spacial score (nSPS) is 11.5. The maximum Gasteiger partial charge on any atom is 0.306 e. The van der Waals surface area contributed by atoms with E-state index in [0.717, 1.165) is 0 Å². The number of methoxy groups -OCH3 is 1. The topological polar surface area (TPSA) is 80.1 Å². The van der Waals surface area contributed by atoms with Gasteiger partial charge in [0, 0.05) is 11.9 Å². The van der Waals surface area contributed by atoms with Gasteiger partial charge in [-0.05, 0) is 12.1 Å². The average Bonchev–Trinajstić information content (AvgIpc) is 2.35. The summed E-state index contributed by atoms with van der Waals surface area (Å²) in [5, 5.41) is 8.99. The van der Waals surface area contributed by atoms with Crippen molar-refractivity contribution in [1.29, 1.82) is 5.26 Å². The van der Waals surface area contributed by atoms with E-state index in [0.29, 0.717) is 0 Å². The lowest BCUT2D eigenvalue weighted by Crippen LogP contribution is -2.09. The molecule has 1 heterocycles. The molecule has 0 aliphatic carbocycles. The number of hydrogen-bond donors (Lipinski definition) is 0. The van der Waals surface area contributed by atoms with E-state index < -0.39 is 16.8 Å².